The number of hydrogen-bond acceptors (Lipinski definition) is 6. The van der Waals surface area contributed by atoms with E-state index >= 15 is 0 Å². The normalized spacial score (nSPS) is 28.7. The van der Waals surface area contributed by atoms with Crippen LogP contribution in [-0.2, 0) is 18.9 Å². The van der Waals surface area contributed by atoms with Gasteiger partial charge in [0.15, 0.2) is 5.79 Å². The third-order valence-corrected chi connectivity index (χ3v) is 5.65. The summed E-state index contributed by atoms with van der Waals surface area (Å²) in [6.07, 6.45) is -0.860. The zero-order chi connectivity index (χ0) is 18.9. The van der Waals surface area contributed by atoms with E-state index in [4.69, 9.17) is 18.9 Å². The molecule has 2 aliphatic heterocycles. The quantitative estimate of drug-likeness (QED) is 0.727. The van der Waals surface area contributed by atoms with Gasteiger partial charge in [-0.05, 0) is 38.1 Å². The molecule has 2 unspecified atom stereocenters. The Morgan fingerprint density at radius 2 is 1.63 bits per heavy atom. The maximum atomic E-state index is 12.2. The molecular formula is C21H22O5S. The molecule has 4 atom stereocenters. The highest BCUT2D eigenvalue weighted by atomic mass is 32.2. The Morgan fingerprint density at radius 1 is 1.00 bits per heavy atom. The van der Waals surface area contributed by atoms with Crippen molar-refractivity contribution in [1.82, 2.24) is 0 Å². The van der Waals surface area contributed by atoms with Crippen molar-refractivity contribution in [3.05, 3.63) is 66.2 Å². The van der Waals surface area contributed by atoms with Gasteiger partial charge in [-0.3, -0.25) is 0 Å². The molecule has 4 rings (SSSR count). The maximum absolute atomic E-state index is 12.2. The summed E-state index contributed by atoms with van der Waals surface area (Å²) in [7, 11) is 0. The van der Waals surface area contributed by atoms with Gasteiger partial charge in [-0.25, -0.2) is 4.79 Å². The minimum absolute atomic E-state index is 0.125. The van der Waals surface area contributed by atoms with Crippen molar-refractivity contribution in [2.45, 2.75) is 48.3 Å². The first kappa shape index (κ1) is 18.5. The van der Waals surface area contributed by atoms with Gasteiger partial charge in [-0.1, -0.05) is 48.2 Å². The first-order valence-corrected chi connectivity index (χ1v) is 9.85. The molecule has 5 nitrogen and oxygen atoms in total. The average Bonchev–Trinajstić information content (AvgIpc) is 3.15. The molecule has 6 heteroatoms. The van der Waals surface area contributed by atoms with Crippen LogP contribution in [0.3, 0.4) is 0 Å². The van der Waals surface area contributed by atoms with E-state index in [1.165, 1.54) is 0 Å². The van der Waals surface area contributed by atoms with E-state index in [1.807, 2.05) is 62.4 Å². The van der Waals surface area contributed by atoms with Gasteiger partial charge in [-0.2, -0.15) is 0 Å². The summed E-state index contributed by atoms with van der Waals surface area (Å²) >= 11 is 1.60. The molecule has 27 heavy (non-hydrogen) atoms. The minimum Gasteiger partial charge on any atom is -0.459 e. The van der Waals surface area contributed by atoms with E-state index in [-0.39, 0.29) is 36.3 Å². The third-order valence-electron chi connectivity index (χ3n) is 4.49. The van der Waals surface area contributed by atoms with Gasteiger partial charge in [0.2, 0.25) is 0 Å². The number of hydrogen-bond donors (Lipinski definition) is 0. The lowest BCUT2D eigenvalue weighted by Crippen LogP contribution is -2.33. The van der Waals surface area contributed by atoms with Gasteiger partial charge in [0, 0.05) is 4.90 Å². The number of benzene rings is 2. The fourth-order valence-electron chi connectivity index (χ4n) is 3.32. The summed E-state index contributed by atoms with van der Waals surface area (Å²) in [5.74, 6) is -1.05. The van der Waals surface area contributed by atoms with E-state index < -0.39 is 5.79 Å². The molecule has 0 radical (unpaired) electrons. The van der Waals surface area contributed by atoms with Crippen LogP contribution in [-0.4, -0.2) is 42.1 Å². The van der Waals surface area contributed by atoms with E-state index in [2.05, 4.69) is 0 Å². The highest BCUT2D eigenvalue weighted by Crippen LogP contribution is 2.44. The molecule has 0 spiro atoms. The van der Waals surface area contributed by atoms with E-state index in [0.717, 1.165) is 4.90 Å². The van der Waals surface area contributed by atoms with Gasteiger partial charge in [0.25, 0.3) is 0 Å². The molecule has 0 N–H and O–H groups in total. The summed E-state index contributed by atoms with van der Waals surface area (Å²) in [5.41, 5.74) is 0.297. The third kappa shape index (κ3) is 4.19. The van der Waals surface area contributed by atoms with Crippen LogP contribution >= 0.6 is 11.8 Å². The molecule has 0 bridgehead atoms. The van der Waals surface area contributed by atoms with Gasteiger partial charge in [-0.15, -0.1) is 0 Å². The van der Waals surface area contributed by atoms with Crippen molar-refractivity contribution in [3.63, 3.8) is 0 Å². The van der Waals surface area contributed by atoms with Crippen LogP contribution < -0.4 is 0 Å². The number of esters is 1. The highest BCUT2D eigenvalue weighted by molar-refractivity contribution is 7.99. The van der Waals surface area contributed by atoms with Crippen LogP contribution in [0.4, 0.5) is 0 Å². The van der Waals surface area contributed by atoms with Gasteiger partial charge >= 0.3 is 5.97 Å². The molecule has 2 saturated heterocycles. The minimum atomic E-state index is -0.684. The van der Waals surface area contributed by atoms with Crippen molar-refractivity contribution in [3.8, 4) is 0 Å². The topological polar surface area (TPSA) is 54.0 Å². The fraction of sp³-hybridized carbons (Fsp3) is 0.381. The van der Waals surface area contributed by atoms with Crippen molar-refractivity contribution in [1.29, 1.82) is 0 Å². The molecule has 2 aliphatic rings. The summed E-state index contributed by atoms with van der Waals surface area (Å²) in [4.78, 5) is 13.3. The van der Waals surface area contributed by atoms with Crippen LogP contribution in [0.1, 0.15) is 24.2 Å². The number of thioether (sulfide) groups is 1. The van der Waals surface area contributed by atoms with Crippen molar-refractivity contribution in [2.75, 3.05) is 6.61 Å². The highest BCUT2D eigenvalue weighted by Gasteiger charge is 2.55. The first-order valence-electron chi connectivity index (χ1n) is 8.97. The number of ether oxygens (including phenoxy) is 4. The molecular weight excluding hydrogens is 364 g/mol. The van der Waals surface area contributed by atoms with Gasteiger partial charge < -0.3 is 18.9 Å². The maximum Gasteiger partial charge on any atom is 0.338 e. The molecule has 2 fully saturated rings. The lowest BCUT2D eigenvalue weighted by molar-refractivity contribution is -0.181. The van der Waals surface area contributed by atoms with Crippen LogP contribution in [0.2, 0.25) is 0 Å². The Bertz CT molecular complexity index is 780. The standard InChI is InChI=1S/C21H22O5S/c1-21(2)25-17-16(13-23-19(22)14-9-5-3-6-10-14)24-20(18(17)26-21)27-15-11-7-4-8-12-15/h3-12,16-18,20H,13H2,1-2H3/t16-,17?,18?,20+/m1/s1. The predicted molar refractivity (Wildman–Crippen MR) is 102 cm³/mol. The largest absolute Gasteiger partial charge is 0.459 e. The van der Waals surface area contributed by atoms with E-state index in [1.54, 1.807) is 23.9 Å². The number of carbonyl (C=O) groups excluding carboxylic acids is 1. The van der Waals surface area contributed by atoms with E-state index in [0.29, 0.717) is 5.56 Å². The molecule has 142 valence electrons. The smallest absolute Gasteiger partial charge is 0.338 e. The average molecular weight is 386 g/mol. The van der Waals surface area contributed by atoms with Crippen LogP contribution in [0.5, 0.6) is 0 Å². The molecule has 0 amide bonds. The molecule has 2 aromatic rings. The monoisotopic (exact) mass is 386 g/mol. The van der Waals surface area contributed by atoms with Crippen LogP contribution in [0.25, 0.3) is 0 Å². The van der Waals surface area contributed by atoms with Crippen molar-refractivity contribution in [2.24, 2.45) is 0 Å². The molecule has 2 heterocycles. The van der Waals surface area contributed by atoms with Crippen LogP contribution in [0.15, 0.2) is 65.6 Å². The number of carbonyl (C=O) groups is 1. The van der Waals surface area contributed by atoms with Crippen LogP contribution in [0, 0.1) is 0 Å². The molecule has 0 aromatic heterocycles. The Kier molecular flexibility index (Phi) is 5.23. The molecule has 0 saturated carbocycles. The summed E-state index contributed by atoms with van der Waals surface area (Å²) in [5, 5.41) is 0. The summed E-state index contributed by atoms with van der Waals surface area (Å²) < 4.78 is 23.7. The second kappa shape index (κ2) is 7.64. The fourth-order valence-corrected chi connectivity index (χ4v) is 4.45. The van der Waals surface area contributed by atoms with Crippen molar-refractivity contribution < 1.29 is 23.7 Å². The van der Waals surface area contributed by atoms with E-state index in [9.17, 15) is 4.79 Å². The Morgan fingerprint density at radius 3 is 2.33 bits per heavy atom. The van der Waals surface area contributed by atoms with Crippen molar-refractivity contribution >= 4 is 17.7 Å². The SMILES string of the molecule is CC1(C)OC2C(O1)[C@H](Sc1ccccc1)O[C@@H]2COC(=O)c1ccccc1. The Hall–Kier alpha value is -1.86. The zero-order valence-corrected chi connectivity index (χ0v) is 16.1. The first-order chi connectivity index (χ1) is 13.0. The van der Waals surface area contributed by atoms with Gasteiger partial charge in [0.1, 0.15) is 30.4 Å². The Labute approximate surface area is 163 Å². The predicted octanol–water partition coefficient (Wildman–Crippen LogP) is 3.88. The molecule has 2 aromatic carbocycles. The Balaban J connectivity index is 1.44. The second-order valence-electron chi connectivity index (χ2n) is 7.00. The number of rotatable bonds is 5. The molecule has 0 aliphatic carbocycles. The van der Waals surface area contributed by atoms with Gasteiger partial charge in [0.05, 0.1) is 5.56 Å². The second-order valence-corrected chi connectivity index (χ2v) is 8.17. The lowest BCUT2D eigenvalue weighted by Gasteiger charge is -2.23. The zero-order valence-electron chi connectivity index (χ0n) is 15.2. The lowest BCUT2D eigenvalue weighted by atomic mass is 10.1. The summed E-state index contributed by atoms with van der Waals surface area (Å²) in [6, 6.07) is 19.0. The summed E-state index contributed by atoms with van der Waals surface area (Å²) in [6.45, 7) is 3.91. The number of fused-ring (bicyclic) bond motifs is 1.